The molecule has 94 valence electrons. The van der Waals surface area contributed by atoms with Crippen molar-refractivity contribution in [3.63, 3.8) is 0 Å². The lowest BCUT2D eigenvalue weighted by Gasteiger charge is -2.39. The minimum absolute atomic E-state index is 0.0974. The molecule has 1 unspecified atom stereocenters. The molecular weight excluding hydrogens is 234 g/mol. The standard InChI is InChI=1S/C14H20ClNO/c1-5-16(14(2,3)4)12(13(15)17)11-9-7-6-8-10-11/h6-10,12H,5H2,1-4H3. The minimum Gasteiger partial charge on any atom is -0.284 e. The zero-order valence-electron chi connectivity index (χ0n) is 10.9. The molecule has 0 aliphatic heterocycles. The summed E-state index contributed by atoms with van der Waals surface area (Å²) in [5, 5.41) is -0.326. The Morgan fingerprint density at radius 2 is 1.82 bits per heavy atom. The maximum atomic E-state index is 11.7. The fraction of sp³-hybridized carbons (Fsp3) is 0.500. The van der Waals surface area contributed by atoms with E-state index < -0.39 is 0 Å². The number of nitrogens with zero attached hydrogens (tertiary/aromatic N) is 1. The van der Waals surface area contributed by atoms with Gasteiger partial charge in [-0.3, -0.25) is 9.69 Å². The lowest BCUT2D eigenvalue weighted by molar-refractivity contribution is -0.118. The van der Waals surface area contributed by atoms with Crippen LogP contribution in [0.4, 0.5) is 0 Å². The van der Waals surface area contributed by atoms with Crippen molar-refractivity contribution in [3.8, 4) is 0 Å². The minimum atomic E-state index is -0.372. The number of carbonyl (C=O) groups excluding carboxylic acids is 1. The molecule has 0 fully saturated rings. The van der Waals surface area contributed by atoms with Crippen LogP contribution < -0.4 is 0 Å². The maximum absolute atomic E-state index is 11.7. The first-order valence-electron chi connectivity index (χ1n) is 5.89. The van der Waals surface area contributed by atoms with Crippen LogP contribution in [0.2, 0.25) is 0 Å². The predicted molar refractivity (Wildman–Crippen MR) is 72.2 cm³/mol. The van der Waals surface area contributed by atoms with Gasteiger partial charge in [-0.25, -0.2) is 0 Å². The van der Waals surface area contributed by atoms with Gasteiger partial charge in [0.1, 0.15) is 6.04 Å². The first-order chi connectivity index (χ1) is 7.88. The maximum Gasteiger partial charge on any atom is 0.243 e. The molecule has 0 heterocycles. The van der Waals surface area contributed by atoms with Crippen molar-refractivity contribution in [2.75, 3.05) is 6.54 Å². The summed E-state index contributed by atoms with van der Waals surface area (Å²) < 4.78 is 0. The normalized spacial score (nSPS) is 13.8. The molecule has 0 amide bonds. The van der Waals surface area contributed by atoms with Crippen LogP contribution >= 0.6 is 11.6 Å². The lowest BCUT2D eigenvalue weighted by Crippen LogP contribution is -2.45. The predicted octanol–water partition coefficient (Wildman–Crippen LogP) is 3.61. The van der Waals surface area contributed by atoms with Crippen LogP contribution in [0.5, 0.6) is 0 Å². The molecule has 17 heavy (non-hydrogen) atoms. The summed E-state index contributed by atoms with van der Waals surface area (Å²) in [6.45, 7) is 9.09. The van der Waals surface area contributed by atoms with Gasteiger partial charge in [-0.15, -0.1) is 0 Å². The molecular formula is C14H20ClNO. The SMILES string of the molecule is CCN(C(C(=O)Cl)c1ccccc1)C(C)(C)C. The number of likely N-dealkylation sites (N-methyl/N-ethyl adjacent to an activating group) is 1. The van der Waals surface area contributed by atoms with Crippen LogP contribution in [-0.2, 0) is 4.79 Å². The van der Waals surface area contributed by atoms with Crippen LogP contribution in [0.15, 0.2) is 30.3 Å². The van der Waals surface area contributed by atoms with Gasteiger partial charge in [0.05, 0.1) is 0 Å². The summed E-state index contributed by atoms with van der Waals surface area (Å²) in [5.74, 6) is 0. The van der Waals surface area contributed by atoms with E-state index in [1.54, 1.807) is 0 Å². The number of halogens is 1. The highest BCUT2D eigenvalue weighted by Gasteiger charge is 2.32. The summed E-state index contributed by atoms with van der Waals surface area (Å²) in [4.78, 5) is 13.8. The molecule has 0 aliphatic carbocycles. The second-order valence-electron chi connectivity index (χ2n) is 5.07. The molecule has 0 radical (unpaired) electrons. The molecule has 0 aromatic heterocycles. The summed E-state index contributed by atoms with van der Waals surface area (Å²) in [7, 11) is 0. The quantitative estimate of drug-likeness (QED) is 0.764. The van der Waals surface area contributed by atoms with E-state index in [0.717, 1.165) is 12.1 Å². The van der Waals surface area contributed by atoms with Crippen molar-refractivity contribution in [1.82, 2.24) is 4.90 Å². The van der Waals surface area contributed by atoms with Crippen LogP contribution in [0.25, 0.3) is 0 Å². The fourth-order valence-corrected chi connectivity index (χ4v) is 2.36. The van der Waals surface area contributed by atoms with Gasteiger partial charge in [-0.1, -0.05) is 37.3 Å². The highest BCUT2D eigenvalue weighted by Crippen LogP contribution is 2.29. The summed E-state index contributed by atoms with van der Waals surface area (Å²) in [5.41, 5.74) is 0.851. The summed E-state index contributed by atoms with van der Waals surface area (Å²) >= 11 is 5.78. The van der Waals surface area contributed by atoms with Gasteiger partial charge in [0.2, 0.25) is 5.24 Å². The third kappa shape index (κ3) is 3.55. The zero-order valence-corrected chi connectivity index (χ0v) is 11.7. The highest BCUT2D eigenvalue weighted by molar-refractivity contribution is 6.64. The Kier molecular flexibility index (Phi) is 4.72. The number of hydrogen-bond acceptors (Lipinski definition) is 2. The molecule has 0 bridgehead atoms. The third-order valence-corrected chi connectivity index (χ3v) is 3.05. The van der Waals surface area contributed by atoms with Gasteiger partial charge in [0.15, 0.2) is 0 Å². The monoisotopic (exact) mass is 253 g/mol. The first-order valence-corrected chi connectivity index (χ1v) is 6.26. The molecule has 1 aromatic rings. The van der Waals surface area contributed by atoms with Gasteiger partial charge in [-0.2, -0.15) is 0 Å². The smallest absolute Gasteiger partial charge is 0.243 e. The summed E-state index contributed by atoms with van der Waals surface area (Å²) in [6, 6.07) is 9.31. The van der Waals surface area contributed by atoms with E-state index in [0.29, 0.717) is 0 Å². The van der Waals surface area contributed by atoms with Crippen molar-refractivity contribution in [3.05, 3.63) is 35.9 Å². The van der Waals surface area contributed by atoms with Gasteiger partial charge < -0.3 is 0 Å². The Hall–Kier alpha value is -0.860. The van der Waals surface area contributed by atoms with E-state index in [2.05, 4.69) is 25.7 Å². The second kappa shape index (κ2) is 5.65. The van der Waals surface area contributed by atoms with E-state index >= 15 is 0 Å². The van der Waals surface area contributed by atoms with Crippen LogP contribution in [0.1, 0.15) is 39.3 Å². The molecule has 3 heteroatoms. The van der Waals surface area contributed by atoms with Crippen molar-refractivity contribution >= 4 is 16.8 Å². The van der Waals surface area contributed by atoms with E-state index in [1.165, 1.54) is 0 Å². The van der Waals surface area contributed by atoms with Crippen molar-refractivity contribution in [1.29, 1.82) is 0 Å². The molecule has 1 rings (SSSR count). The van der Waals surface area contributed by atoms with Gasteiger partial charge >= 0.3 is 0 Å². The van der Waals surface area contributed by atoms with Gasteiger partial charge in [0.25, 0.3) is 0 Å². The molecule has 0 aliphatic rings. The van der Waals surface area contributed by atoms with E-state index in [-0.39, 0.29) is 16.8 Å². The Balaban J connectivity index is 3.14. The van der Waals surface area contributed by atoms with Gasteiger partial charge in [-0.05, 0) is 44.5 Å². The Morgan fingerprint density at radius 3 is 2.18 bits per heavy atom. The summed E-state index contributed by atoms with van der Waals surface area (Å²) in [6.07, 6.45) is 0. The van der Waals surface area contributed by atoms with E-state index in [9.17, 15) is 4.79 Å². The van der Waals surface area contributed by atoms with Crippen LogP contribution in [0, 0.1) is 0 Å². The van der Waals surface area contributed by atoms with Crippen LogP contribution in [0.3, 0.4) is 0 Å². The largest absolute Gasteiger partial charge is 0.284 e. The first kappa shape index (κ1) is 14.2. The molecule has 0 spiro atoms. The lowest BCUT2D eigenvalue weighted by atomic mass is 9.98. The van der Waals surface area contributed by atoms with Crippen molar-refractivity contribution in [2.24, 2.45) is 0 Å². The number of rotatable bonds is 4. The van der Waals surface area contributed by atoms with E-state index in [1.807, 2.05) is 37.3 Å². The number of benzene rings is 1. The second-order valence-corrected chi connectivity index (χ2v) is 5.45. The molecule has 1 aromatic carbocycles. The average Bonchev–Trinajstić information content (AvgIpc) is 2.24. The Labute approximate surface area is 109 Å². The number of carbonyl (C=O) groups is 1. The highest BCUT2D eigenvalue weighted by atomic mass is 35.5. The van der Waals surface area contributed by atoms with Crippen molar-refractivity contribution < 1.29 is 4.79 Å². The topological polar surface area (TPSA) is 20.3 Å². The molecule has 0 saturated heterocycles. The number of hydrogen-bond donors (Lipinski definition) is 0. The molecule has 2 nitrogen and oxygen atoms in total. The van der Waals surface area contributed by atoms with Crippen molar-refractivity contribution in [2.45, 2.75) is 39.3 Å². The van der Waals surface area contributed by atoms with E-state index in [4.69, 9.17) is 11.6 Å². The molecule has 0 N–H and O–H groups in total. The van der Waals surface area contributed by atoms with Gasteiger partial charge in [0, 0.05) is 5.54 Å². The average molecular weight is 254 g/mol. The Bertz CT molecular complexity index is 370. The molecule has 1 atom stereocenters. The Morgan fingerprint density at radius 1 is 1.29 bits per heavy atom. The molecule has 0 saturated carbocycles. The third-order valence-electron chi connectivity index (χ3n) is 2.84. The zero-order chi connectivity index (χ0) is 13.1. The van der Waals surface area contributed by atoms with Crippen LogP contribution in [-0.4, -0.2) is 22.2 Å². The fourth-order valence-electron chi connectivity index (χ4n) is 2.11.